The van der Waals surface area contributed by atoms with Crippen molar-refractivity contribution in [3.05, 3.63) is 47.2 Å². The number of allylic oxidation sites excluding steroid dienone is 2. The lowest BCUT2D eigenvalue weighted by Crippen LogP contribution is -2.41. The van der Waals surface area contributed by atoms with Gasteiger partial charge in [0.15, 0.2) is 11.6 Å². The van der Waals surface area contributed by atoms with Gasteiger partial charge >= 0.3 is 0 Å². The first-order valence-electron chi connectivity index (χ1n) is 8.17. The van der Waals surface area contributed by atoms with Crippen molar-refractivity contribution in [2.75, 3.05) is 26.3 Å². The molecule has 1 aliphatic carbocycles. The van der Waals surface area contributed by atoms with Crippen LogP contribution in [0.15, 0.2) is 41.6 Å². The predicted molar refractivity (Wildman–Crippen MR) is 88.2 cm³/mol. The summed E-state index contributed by atoms with van der Waals surface area (Å²) in [5.74, 6) is -0.177. The van der Waals surface area contributed by atoms with E-state index in [-0.39, 0.29) is 17.0 Å². The third kappa shape index (κ3) is 3.37. The Morgan fingerprint density at radius 2 is 1.74 bits per heavy atom. The zero-order chi connectivity index (χ0) is 16.4. The van der Waals surface area contributed by atoms with Crippen molar-refractivity contribution in [2.45, 2.75) is 26.7 Å². The second-order valence-corrected chi connectivity index (χ2v) is 7.06. The topological polar surface area (TPSA) is 46.6 Å². The van der Waals surface area contributed by atoms with Gasteiger partial charge in [-0.25, -0.2) is 0 Å². The van der Waals surface area contributed by atoms with Gasteiger partial charge in [-0.3, -0.25) is 9.59 Å². The molecule has 23 heavy (non-hydrogen) atoms. The second-order valence-electron chi connectivity index (χ2n) is 7.06. The minimum atomic E-state index is -0.146. The van der Waals surface area contributed by atoms with Gasteiger partial charge < -0.3 is 9.64 Å². The van der Waals surface area contributed by atoms with E-state index >= 15 is 0 Å². The zero-order valence-electron chi connectivity index (χ0n) is 13.8. The summed E-state index contributed by atoms with van der Waals surface area (Å²) >= 11 is 0. The van der Waals surface area contributed by atoms with E-state index < -0.39 is 0 Å². The molecule has 122 valence electrons. The molecule has 1 aromatic carbocycles. The summed E-state index contributed by atoms with van der Waals surface area (Å²) in [5, 5.41) is 0. The number of nitrogens with zero attached hydrogens (tertiary/aromatic N) is 1. The molecule has 0 aromatic heterocycles. The number of carbonyl (C=O) groups excluding carboxylic acids is 2. The fourth-order valence-electron chi connectivity index (χ4n) is 3.38. The van der Waals surface area contributed by atoms with Crippen LogP contribution in [0.3, 0.4) is 0 Å². The summed E-state index contributed by atoms with van der Waals surface area (Å²) in [6, 6.07) is 9.09. The molecule has 0 radical (unpaired) electrons. The number of benzene rings is 1. The van der Waals surface area contributed by atoms with Crippen molar-refractivity contribution in [1.29, 1.82) is 0 Å². The molecule has 2 aliphatic rings. The number of morpholine rings is 1. The molecule has 4 heteroatoms. The van der Waals surface area contributed by atoms with Gasteiger partial charge in [0.05, 0.1) is 18.8 Å². The van der Waals surface area contributed by atoms with Gasteiger partial charge in [-0.05, 0) is 11.8 Å². The molecule has 0 amide bonds. The first-order valence-corrected chi connectivity index (χ1v) is 8.17. The largest absolute Gasteiger partial charge is 0.378 e. The van der Waals surface area contributed by atoms with Crippen molar-refractivity contribution in [1.82, 2.24) is 4.90 Å². The molecule has 0 atom stereocenters. The number of ketones is 2. The van der Waals surface area contributed by atoms with Crippen molar-refractivity contribution >= 4 is 11.6 Å². The number of hydrogen-bond acceptors (Lipinski definition) is 4. The van der Waals surface area contributed by atoms with Crippen molar-refractivity contribution in [3.63, 3.8) is 0 Å². The van der Waals surface area contributed by atoms with Crippen LogP contribution in [0.5, 0.6) is 0 Å². The van der Waals surface area contributed by atoms with Crippen molar-refractivity contribution < 1.29 is 14.3 Å². The summed E-state index contributed by atoms with van der Waals surface area (Å²) < 4.78 is 5.42. The molecule has 0 N–H and O–H groups in total. The highest BCUT2D eigenvalue weighted by molar-refractivity contribution is 6.27. The highest BCUT2D eigenvalue weighted by Crippen LogP contribution is 2.39. The lowest BCUT2D eigenvalue weighted by Gasteiger charge is -2.39. The second kappa shape index (κ2) is 6.28. The minimum Gasteiger partial charge on any atom is -0.378 e. The molecular formula is C19H23NO3. The van der Waals surface area contributed by atoms with Crippen LogP contribution in [0.4, 0.5) is 0 Å². The lowest BCUT2D eigenvalue weighted by atomic mass is 9.74. The maximum Gasteiger partial charge on any atom is 0.198 e. The molecule has 3 rings (SSSR count). The normalized spacial score (nSPS) is 21.5. The van der Waals surface area contributed by atoms with Crippen LogP contribution in [0, 0.1) is 5.41 Å². The van der Waals surface area contributed by atoms with E-state index in [2.05, 4.69) is 18.7 Å². The van der Waals surface area contributed by atoms with Gasteiger partial charge in [-0.15, -0.1) is 0 Å². The molecule has 1 aliphatic heterocycles. The van der Waals surface area contributed by atoms with E-state index in [1.165, 1.54) is 0 Å². The summed E-state index contributed by atoms with van der Waals surface area (Å²) in [6.45, 7) is 6.95. The number of hydrogen-bond donors (Lipinski definition) is 0. The number of carbonyl (C=O) groups is 2. The molecule has 1 fully saturated rings. The lowest BCUT2D eigenvalue weighted by molar-refractivity contribution is -0.118. The van der Waals surface area contributed by atoms with Crippen LogP contribution in [0.25, 0.3) is 0 Å². The van der Waals surface area contributed by atoms with E-state index in [1.807, 2.05) is 18.2 Å². The maximum absolute atomic E-state index is 12.9. The Bertz CT molecular complexity index is 640. The number of Topliss-reactive ketones (excluding diaryl/α,β-unsaturated/α-hetero) is 2. The minimum absolute atomic E-state index is 0.0309. The number of rotatable bonds is 3. The highest BCUT2D eigenvalue weighted by atomic mass is 16.5. The van der Waals surface area contributed by atoms with Gasteiger partial charge in [0.2, 0.25) is 0 Å². The van der Waals surface area contributed by atoms with Gasteiger partial charge in [-0.1, -0.05) is 44.2 Å². The molecule has 1 heterocycles. The standard InChI is InChI=1S/C19H23NO3/c1-19(2)12-15(20-8-10-23-11-9-20)17(16(21)13-19)18(22)14-6-4-3-5-7-14/h3-7H,8-13H2,1-2H3. The molecule has 0 saturated carbocycles. The Hall–Kier alpha value is -1.94. The van der Waals surface area contributed by atoms with E-state index in [0.717, 1.165) is 25.2 Å². The third-order valence-electron chi connectivity index (χ3n) is 4.51. The molecular weight excluding hydrogens is 290 g/mol. The SMILES string of the molecule is CC1(C)CC(=O)C(C(=O)c2ccccc2)=C(N2CCOCC2)C1. The van der Waals surface area contributed by atoms with E-state index in [1.54, 1.807) is 12.1 Å². The maximum atomic E-state index is 12.9. The van der Waals surface area contributed by atoms with Gasteiger partial charge in [0.1, 0.15) is 0 Å². The molecule has 0 unspecified atom stereocenters. The third-order valence-corrected chi connectivity index (χ3v) is 4.51. The van der Waals surface area contributed by atoms with Crippen LogP contribution in [-0.2, 0) is 9.53 Å². The Balaban J connectivity index is 2.04. The van der Waals surface area contributed by atoms with Crippen molar-refractivity contribution in [3.8, 4) is 0 Å². The predicted octanol–water partition coefficient (Wildman–Crippen LogP) is 2.84. The number of ether oxygens (including phenoxy) is 1. The Kier molecular flexibility index (Phi) is 4.35. The summed E-state index contributed by atoms with van der Waals surface area (Å²) in [5.41, 5.74) is 1.77. The van der Waals surface area contributed by atoms with Crippen molar-refractivity contribution in [2.24, 2.45) is 5.41 Å². The Morgan fingerprint density at radius 1 is 1.09 bits per heavy atom. The highest BCUT2D eigenvalue weighted by Gasteiger charge is 2.38. The molecule has 0 spiro atoms. The average molecular weight is 313 g/mol. The Morgan fingerprint density at radius 3 is 2.39 bits per heavy atom. The van der Waals surface area contributed by atoms with E-state index in [9.17, 15) is 9.59 Å². The van der Waals surface area contributed by atoms with Gasteiger partial charge in [0, 0.05) is 30.8 Å². The summed E-state index contributed by atoms with van der Waals surface area (Å²) in [6.07, 6.45) is 1.18. The van der Waals surface area contributed by atoms with Gasteiger partial charge in [-0.2, -0.15) is 0 Å². The first-order chi connectivity index (χ1) is 11.0. The van der Waals surface area contributed by atoms with Gasteiger partial charge in [0.25, 0.3) is 0 Å². The zero-order valence-corrected chi connectivity index (χ0v) is 13.8. The smallest absolute Gasteiger partial charge is 0.198 e. The summed E-state index contributed by atoms with van der Waals surface area (Å²) in [4.78, 5) is 27.8. The van der Waals surface area contributed by atoms with Crippen LogP contribution >= 0.6 is 0 Å². The fraction of sp³-hybridized carbons (Fsp3) is 0.474. The quantitative estimate of drug-likeness (QED) is 0.636. The van der Waals surface area contributed by atoms with Crippen LogP contribution < -0.4 is 0 Å². The van der Waals surface area contributed by atoms with Crippen LogP contribution in [-0.4, -0.2) is 42.8 Å². The molecule has 1 saturated heterocycles. The van der Waals surface area contributed by atoms with E-state index in [4.69, 9.17) is 4.74 Å². The van der Waals surface area contributed by atoms with E-state index in [0.29, 0.717) is 30.8 Å². The molecule has 1 aromatic rings. The first kappa shape index (κ1) is 15.9. The molecule has 0 bridgehead atoms. The monoisotopic (exact) mass is 313 g/mol. The van der Waals surface area contributed by atoms with Crippen LogP contribution in [0.2, 0.25) is 0 Å². The summed E-state index contributed by atoms with van der Waals surface area (Å²) in [7, 11) is 0. The molecule has 4 nitrogen and oxygen atoms in total. The average Bonchev–Trinajstić information content (AvgIpc) is 2.54. The fourth-order valence-corrected chi connectivity index (χ4v) is 3.38. The van der Waals surface area contributed by atoms with Crippen LogP contribution in [0.1, 0.15) is 37.0 Å². The Labute approximate surface area is 137 Å².